The molecule has 1 aliphatic rings. The van der Waals surface area contributed by atoms with Gasteiger partial charge in [-0.1, -0.05) is 18.2 Å². The molecule has 1 aromatic heterocycles. The highest BCUT2D eigenvalue weighted by Crippen LogP contribution is 2.29. The smallest absolute Gasteiger partial charge is 0.360 e. The van der Waals surface area contributed by atoms with Gasteiger partial charge in [-0.25, -0.2) is 9.78 Å². The number of aromatic nitrogens is 1. The van der Waals surface area contributed by atoms with Crippen LogP contribution < -0.4 is 9.64 Å². The Morgan fingerprint density at radius 2 is 1.68 bits per heavy atom. The summed E-state index contributed by atoms with van der Waals surface area (Å²) in [5, 5.41) is 0. The van der Waals surface area contributed by atoms with Gasteiger partial charge in [-0.15, -0.1) is 0 Å². The Morgan fingerprint density at radius 3 is 2.35 bits per heavy atom. The van der Waals surface area contributed by atoms with Crippen molar-refractivity contribution in [1.82, 2.24) is 9.88 Å². The summed E-state index contributed by atoms with van der Waals surface area (Å²) in [7, 11) is 2.92. The van der Waals surface area contributed by atoms with Gasteiger partial charge in [0.1, 0.15) is 5.75 Å². The van der Waals surface area contributed by atoms with Crippen molar-refractivity contribution in [3.05, 3.63) is 66.2 Å². The number of ether oxygens (including phenoxy) is 2. The van der Waals surface area contributed by atoms with E-state index in [2.05, 4.69) is 9.88 Å². The Labute approximate surface area is 180 Å². The van der Waals surface area contributed by atoms with Crippen molar-refractivity contribution in [3.63, 3.8) is 0 Å². The summed E-state index contributed by atoms with van der Waals surface area (Å²) in [5.74, 6) is 0.317. The summed E-state index contributed by atoms with van der Waals surface area (Å²) in [6, 6.07) is 15.0. The molecule has 1 amide bonds. The van der Waals surface area contributed by atoms with Crippen LogP contribution in [-0.2, 0) is 4.74 Å². The Balaban J connectivity index is 1.51. The van der Waals surface area contributed by atoms with Crippen molar-refractivity contribution < 1.29 is 23.5 Å². The van der Waals surface area contributed by atoms with Crippen molar-refractivity contribution in [2.75, 3.05) is 45.3 Å². The van der Waals surface area contributed by atoms with Crippen molar-refractivity contribution in [1.29, 1.82) is 0 Å². The predicted molar refractivity (Wildman–Crippen MR) is 114 cm³/mol. The number of methoxy groups -OCH3 is 2. The van der Waals surface area contributed by atoms with Gasteiger partial charge in [0.25, 0.3) is 5.91 Å². The number of hydrogen-bond acceptors (Lipinski definition) is 7. The van der Waals surface area contributed by atoms with Gasteiger partial charge in [-0.3, -0.25) is 4.79 Å². The maximum absolute atomic E-state index is 13.3. The largest absolute Gasteiger partial charge is 0.497 e. The van der Waals surface area contributed by atoms with Gasteiger partial charge in [-0.2, -0.15) is 0 Å². The standard InChI is InChI=1S/C23H23N3O5/c1-29-17-9-7-16(8-10-17)25-11-13-26(14-12-25)22(27)19-6-4-3-5-18(19)21-20(23(28)30-2)24-15-31-21/h3-10,15H,11-14H2,1-2H3. The number of benzene rings is 2. The van der Waals surface area contributed by atoms with E-state index in [0.717, 1.165) is 24.5 Å². The van der Waals surface area contributed by atoms with E-state index in [1.54, 1.807) is 31.4 Å². The van der Waals surface area contributed by atoms with E-state index in [9.17, 15) is 9.59 Å². The van der Waals surface area contributed by atoms with Gasteiger partial charge < -0.3 is 23.7 Å². The molecule has 0 saturated carbocycles. The van der Waals surface area contributed by atoms with Crippen LogP contribution in [0.1, 0.15) is 20.8 Å². The second-order valence-corrected chi connectivity index (χ2v) is 7.04. The predicted octanol–water partition coefficient (Wildman–Crippen LogP) is 3.10. The highest BCUT2D eigenvalue weighted by Gasteiger charge is 2.27. The van der Waals surface area contributed by atoms with Crippen LogP contribution >= 0.6 is 0 Å². The quantitative estimate of drug-likeness (QED) is 0.585. The third kappa shape index (κ3) is 4.09. The molecule has 0 bridgehead atoms. The minimum atomic E-state index is -0.612. The maximum Gasteiger partial charge on any atom is 0.360 e. The molecule has 2 aromatic carbocycles. The molecule has 0 spiro atoms. The van der Waals surface area contributed by atoms with E-state index >= 15 is 0 Å². The zero-order valence-electron chi connectivity index (χ0n) is 17.4. The Bertz CT molecular complexity index is 1070. The lowest BCUT2D eigenvalue weighted by atomic mass is 10.0. The van der Waals surface area contributed by atoms with Crippen LogP contribution in [0.2, 0.25) is 0 Å². The third-order valence-corrected chi connectivity index (χ3v) is 5.35. The van der Waals surface area contributed by atoms with E-state index in [1.165, 1.54) is 13.5 Å². The van der Waals surface area contributed by atoms with Crippen molar-refractivity contribution in [2.45, 2.75) is 0 Å². The van der Waals surface area contributed by atoms with Gasteiger partial charge in [0.15, 0.2) is 17.8 Å². The fourth-order valence-corrected chi connectivity index (χ4v) is 3.68. The minimum absolute atomic E-state index is 0.0482. The SMILES string of the molecule is COC(=O)c1ncoc1-c1ccccc1C(=O)N1CCN(c2ccc(OC)cc2)CC1. The first-order valence-corrected chi connectivity index (χ1v) is 9.92. The Kier molecular flexibility index (Phi) is 5.88. The molecule has 0 unspecified atom stereocenters. The van der Waals surface area contributed by atoms with Gasteiger partial charge >= 0.3 is 5.97 Å². The average molecular weight is 421 g/mol. The highest BCUT2D eigenvalue weighted by molar-refractivity contribution is 6.03. The van der Waals surface area contributed by atoms with Crippen molar-refractivity contribution >= 4 is 17.6 Å². The van der Waals surface area contributed by atoms with Gasteiger partial charge in [-0.05, 0) is 30.3 Å². The molecule has 0 radical (unpaired) electrons. The molecule has 31 heavy (non-hydrogen) atoms. The summed E-state index contributed by atoms with van der Waals surface area (Å²) >= 11 is 0. The summed E-state index contributed by atoms with van der Waals surface area (Å²) in [6.45, 7) is 2.60. The zero-order chi connectivity index (χ0) is 21.8. The number of anilines is 1. The lowest BCUT2D eigenvalue weighted by Gasteiger charge is -2.36. The molecule has 1 aliphatic heterocycles. The monoisotopic (exact) mass is 421 g/mol. The second-order valence-electron chi connectivity index (χ2n) is 7.04. The molecule has 2 heterocycles. The lowest BCUT2D eigenvalue weighted by molar-refractivity contribution is 0.0594. The molecule has 0 aliphatic carbocycles. The molecular formula is C23H23N3O5. The zero-order valence-corrected chi connectivity index (χ0v) is 17.4. The summed E-state index contributed by atoms with van der Waals surface area (Å²) in [4.78, 5) is 33.3. The van der Waals surface area contributed by atoms with Crippen molar-refractivity contribution in [3.8, 4) is 17.1 Å². The average Bonchev–Trinajstić information content (AvgIpc) is 3.33. The number of esters is 1. The first-order chi connectivity index (χ1) is 15.1. The Hall–Kier alpha value is -3.81. The molecule has 1 saturated heterocycles. The lowest BCUT2D eigenvalue weighted by Crippen LogP contribution is -2.48. The molecule has 0 atom stereocenters. The number of hydrogen-bond donors (Lipinski definition) is 0. The number of piperazine rings is 1. The van der Waals surface area contributed by atoms with Crippen LogP contribution in [0.3, 0.4) is 0 Å². The number of rotatable bonds is 5. The number of nitrogens with zero attached hydrogens (tertiary/aromatic N) is 3. The fourth-order valence-electron chi connectivity index (χ4n) is 3.68. The van der Waals surface area contributed by atoms with Gasteiger partial charge in [0.05, 0.1) is 19.8 Å². The molecule has 1 fully saturated rings. The number of amides is 1. The first-order valence-electron chi connectivity index (χ1n) is 9.92. The van der Waals surface area contributed by atoms with E-state index in [4.69, 9.17) is 13.9 Å². The topological polar surface area (TPSA) is 85.1 Å². The summed E-state index contributed by atoms with van der Waals surface area (Å²) in [6.07, 6.45) is 1.18. The number of carbonyl (C=O) groups excluding carboxylic acids is 2. The van der Waals surface area contributed by atoms with E-state index in [-0.39, 0.29) is 17.4 Å². The molecule has 0 N–H and O–H groups in total. The second kappa shape index (κ2) is 8.91. The van der Waals surface area contributed by atoms with Crippen LogP contribution in [0.25, 0.3) is 11.3 Å². The number of carbonyl (C=O) groups is 2. The molecule has 3 aromatic rings. The maximum atomic E-state index is 13.3. The van der Waals surface area contributed by atoms with Crippen LogP contribution in [0, 0.1) is 0 Å². The molecule has 8 heteroatoms. The van der Waals surface area contributed by atoms with Crippen LogP contribution in [0.4, 0.5) is 5.69 Å². The minimum Gasteiger partial charge on any atom is -0.497 e. The molecule has 160 valence electrons. The van der Waals surface area contributed by atoms with Gasteiger partial charge in [0.2, 0.25) is 0 Å². The van der Waals surface area contributed by atoms with E-state index in [1.807, 2.05) is 29.2 Å². The Morgan fingerprint density at radius 1 is 0.968 bits per heavy atom. The normalized spacial score (nSPS) is 13.7. The van der Waals surface area contributed by atoms with E-state index in [0.29, 0.717) is 24.2 Å². The summed E-state index contributed by atoms with van der Waals surface area (Å²) in [5.41, 5.74) is 2.12. The molecule has 4 rings (SSSR count). The van der Waals surface area contributed by atoms with E-state index < -0.39 is 5.97 Å². The third-order valence-electron chi connectivity index (χ3n) is 5.35. The van der Waals surface area contributed by atoms with Gasteiger partial charge in [0, 0.05) is 37.4 Å². The van der Waals surface area contributed by atoms with Crippen LogP contribution in [0.5, 0.6) is 5.75 Å². The summed E-state index contributed by atoms with van der Waals surface area (Å²) < 4.78 is 15.4. The van der Waals surface area contributed by atoms with Crippen LogP contribution in [0.15, 0.2) is 59.3 Å². The first kappa shape index (κ1) is 20.5. The van der Waals surface area contributed by atoms with Crippen LogP contribution in [-0.4, -0.2) is 62.2 Å². The highest BCUT2D eigenvalue weighted by atomic mass is 16.5. The molecular weight excluding hydrogens is 398 g/mol. The van der Waals surface area contributed by atoms with Crippen molar-refractivity contribution in [2.24, 2.45) is 0 Å². The molecule has 8 nitrogen and oxygen atoms in total. The number of oxazole rings is 1. The fraction of sp³-hybridized carbons (Fsp3) is 0.261.